The number of hydrogen-bond donors (Lipinski definition) is 2. The van der Waals surface area contributed by atoms with Crippen LogP contribution in [0.4, 0.5) is 4.79 Å². The van der Waals surface area contributed by atoms with E-state index in [0.29, 0.717) is 17.9 Å². The number of rotatable bonds is 14. The van der Waals surface area contributed by atoms with E-state index in [-0.39, 0.29) is 11.1 Å². The fraction of sp³-hybridized carbons (Fsp3) is 0.423. The summed E-state index contributed by atoms with van der Waals surface area (Å²) >= 11 is 0.922. The van der Waals surface area contributed by atoms with E-state index in [2.05, 4.69) is 5.32 Å². The van der Waals surface area contributed by atoms with Crippen LogP contribution in [0.25, 0.3) is 16.8 Å². The van der Waals surface area contributed by atoms with Crippen molar-refractivity contribution in [3.63, 3.8) is 0 Å². The van der Waals surface area contributed by atoms with E-state index in [9.17, 15) is 14.4 Å². The molecule has 2 aromatic rings. The van der Waals surface area contributed by atoms with Gasteiger partial charge in [0.05, 0.1) is 11.5 Å². The van der Waals surface area contributed by atoms with Gasteiger partial charge in [0.1, 0.15) is 5.75 Å². The first-order valence-electron chi connectivity index (χ1n) is 11.6. The average Bonchev–Trinajstić information content (AvgIpc) is 3.10. The minimum atomic E-state index is -0.696. The Morgan fingerprint density at radius 3 is 2.18 bits per heavy atom. The van der Waals surface area contributed by atoms with Crippen LogP contribution in [0.2, 0.25) is 0 Å². The average molecular weight is 470 g/mol. The molecule has 0 aliphatic carbocycles. The molecule has 33 heavy (non-hydrogen) atoms. The number of ether oxygens (including phenoxy) is 1. The van der Waals surface area contributed by atoms with E-state index in [1.165, 1.54) is 25.7 Å². The maximum atomic E-state index is 11.7. The molecule has 1 heterocycles. The van der Waals surface area contributed by atoms with Crippen molar-refractivity contribution in [2.24, 2.45) is 0 Å². The van der Waals surface area contributed by atoms with E-state index in [1.807, 2.05) is 36.4 Å². The third-order valence-corrected chi connectivity index (χ3v) is 6.39. The molecule has 3 rings (SSSR count). The van der Waals surface area contributed by atoms with Crippen molar-refractivity contribution >= 4 is 45.7 Å². The molecule has 0 aromatic heterocycles. The van der Waals surface area contributed by atoms with Crippen molar-refractivity contribution in [1.29, 1.82) is 0 Å². The molecular weight excluding hydrogens is 438 g/mol. The van der Waals surface area contributed by atoms with Crippen molar-refractivity contribution in [3.8, 4) is 5.75 Å². The number of nitrogens with one attached hydrogen (secondary N) is 1. The number of carboxylic acids is 1. The number of benzene rings is 2. The van der Waals surface area contributed by atoms with Crippen LogP contribution in [0.5, 0.6) is 5.75 Å². The molecule has 7 heteroatoms. The molecule has 2 aromatic carbocycles. The van der Waals surface area contributed by atoms with E-state index in [0.717, 1.165) is 66.0 Å². The molecule has 2 N–H and O–H groups in total. The molecule has 0 atom stereocenters. The Balaban J connectivity index is 1.33. The summed E-state index contributed by atoms with van der Waals surface area (Å²) in [6.45, 7) is 0.700. The topological polar surface area (TPSA) is 92.7 Å². The van der Waals surface area contributed by atoms with Crippen molar-refractivity contribution < 1.29 is 24.2 Å². The predicted octanol–water partition coefficient (Wildman–Crippen LogP) is 6.53. The summed E-state index contributed by atoms with van der Waals surface area (Å²) in [5, 5.41) is 12.7. The second-order valence-electron chi connectivity index (χ2n) is 8.29. The van der Waals surface area contributed by atoms with Crippen molar-refractivity contribution in [2.75, 3.05) is 6.61 Å². The number of hydrogen-bond acceptors (Lipinski definition) is 5. The number of unbranched alkanes of at least 4 members (excludes halogenated alkanes) is 8. The third kappa shape index (κ3) is 8.57. The first-order chi connectivity index (χ1) is 16.0. The van der Waals surface area contributed by atoms with Gasteiger partial charge >= 0.3 is 5.97 Å². The second-order valence-corrected chi connectivity index (χ2v) is 9.31. The Kier molecular flexibility index (Phi) is 9.81. The highest BCUT2D eigenvalue weighted by Gasteiger charge is 2.24. The largest absolute Gasteiger partial charge is 0.494 e. The van der Waals surface area contributed by atoms with Crippen LogP contribution in [0, 0.1) is 0 Å². The van der Waals surface area contributed by atoms with Gasteiger partial charge in [0.15, 0.2) is 0 Å². The molecular formula is C26H31NO5S. The highest BCUT2D eigenvalue weighted by atomic mass is 32.2. The number of thioether (sulfide) groups is 1. The number of amides is 2. The number of carbonyl (C=O) groups is 3. The molecule has 2 amide bonds. The summed E-state index contributed by atoms with van der Waals surface area (Å²) in [6.07, 6.45) is 12.0. The highest BCUT2D eigenvalue weighted by Crippen LogP contribution is 2.28. The number of carbonyl (C=O) groups excluding carboxylic acids is 2. The summed E-state index contributed by atoms with van der Waals surface area (Å²) < 4.78 is 5.92. The van der Waals surface area contributed by atoms with Gasteiger partial charge in [-0.15, -0.1) is 0 Å². The van der Waals surface area contributed by atoms with Crippen LogP contribution < -0.4 is 10.1 Å². The predicted molar refractivity (Wildman–Crippen MR) is 132 cm³/mol. The SMILES string of the molecule is O=C(O)CCCCCCCCCCCOc1ccc2cc(C=C3SC(=O)NC3=O)ccc2c1. The highest BCUT2D eigenvalue weighted by molar-refractivity contribution is 8.18. The summed E-state index contributed by atoms with van der Waals surface area (Å²) in [5.41, 5.74) is 0.878. The Morgan fingerprint density at radius 2 is 1.52 bits per heavy atom. The van der Waals surface area contributed by atoms with Gasteiger partial charge in [0.25, 0.3) is 11.1 Å². The molecule has 0 spiro atoms. The lowest BCUT2D eigenvalue weighted by Crippen LogP contribution is -2.17. The summed E-state index contributed by atoms with van der Waals surface area (Å²) in [7, 11) is 0. The van der Waals surface area contributed by atoms with Crippen LogP contribution in [-0.4, -0.2) is 28.8 Å². The lowest BCUT2D eigenvalue weighted by molar-refractivity contribution is -0.137. The van der Waals surface area contributed by atoms with Gasteiger partial charge in [-0.25, -0.2) is 0 Å². The Morgan fingerprint density at radius 1 is 0.879 bits per heavy atom. The number of imide groups is 1. The molecule has 1 aliphatic rings. The molecule has 0 bridgehead atoms. The van der Waals surface area contributed by atoms with Gasteiger partial charge < -0.3 is 9.84 Å². The van der Waals surface area contributed by atoms with E-state index < -0.39 is 5.97 Å². The zero-order chi connectivity index (χ0) is 23.5. The van der Waals surface area contributed by atoms with Gasteiger partial charge in [-0.1, -0.05) is 63.1 Å². The fourth-order valence-corrected chi connectivity index (χ4v) is 4.48. The molecule has 176 valence electrons. The lowest BCUT2D eigenvalue weighted by Gasteiger charge is -2.08. The quantitative estimate of drug-likeness (QED) is 0.241. The Hall–Kier alpha value is -2.80. The van der Waals surface area contributed by atoms with Crippen LogP contribution in [0.3, 0.4) is 0 Å². The first-order valence-corrected chi connectivity index (χ1v) is 12.5. The van der Waals surface area contributed by atoms with Crippen LogP contribution >= 0.6 is 11.8 Å². The zero-order valence-electron chi connectivity index (χ0n) is 18.8. The van der Waals surface area contributed by atoms with Gasteiger partial charge in [0.2, 0.25) is 0 Å². The molecule has 0 saturated carbocycles. The Bertz CT molecular complexity index is 1020. The van der Waals surface area contributed by atoms with E-state index in [1.54, 1.807) is 6.08 Å². The number of fused-ring (bicyclic) bond motifs is 1. The molecule has 0 unspecified atom stereocenters. The van der Waals surface area contributed by atoms with Gasteiger partial charge in [-0.2, -0.15) is 0 Å². The third-order valence-electron chi connectivity index (χ3n) is 5.58. The fourth-order valence-electron chi connectivity index (χ4n) is 3.80. The van der Waals surface area contributed by atoms with Gasteiger partial charge in [-0.3, -0.25) is 19.7 Å². The van der Waals surface area contributed by atoms with Crippen molar-refractivity contribution in [1.82, 2.24) is 5.32 Å². The van der Waals surface area contributed by atoms with Gasteiger partial charge in [0, 0.05) is 6.42 Å². The molecule has 1 aliphatic heterocycles. The van der Waals surface area contributed by atoms with E-state index >= 15 is 0 Å². The maximum Gasteiger partial charge on any atom is 0.303 e. The minimum absolute atomic E-state index is 0.291. The monoisotopic (exact) mass is 469 g/mol. The second kappa shape index (κ2) is 13.0. The van der Waals surface area contributed by atoms with Crippen molar-refractivity contribution in [2.45, 2.75) is 64.2 Å². The van der Waals surface area contributed by atoms with Crippen LogP contribution in [0.15, 0.2) is 41.3 Å². The van der Waals surface area contributed by atoms with Crippen LogP contribution in [0.1, 0.15) is 69.8 Å². The summed E-state index contributed by atoms with van der Waals surface area (Å²) in [4.78, 5) is 33.9. The Labute approximate surface area is 198 Å². The minimum Gasteiger partial charge on any atom is -0.494 e. The molecule has 1 saturated heterocycles. The maximum absolute atomic E-state index is 11.7. The van der Waals surface area contributed by atoms with Crippen LogP contribution in [-0.2, 0) is 9.59 Å². The molecule has 1 fully saturated rings. The summed E-state index contributed by atoms with van der Waals surface area (Å²) in [6, 6.07) is 11.9. The zero-order valence-corrected chi connectivity index (χ0v) is 19.6. The lowest BCUT2D eigenvalue weighted by atomic mass is 10.1. The number of aliphatic carboxylic acids is 1. The standard InChI is InChI=1S/C26H31NO5S/c28-24(29)10-8-6-4-2-1-3-5-7-9-15-32-22-14-13-20-16-19(11-12-21(20)18-22)17-23-25(30)27-26(31)33-23/h11-14,16-18H,1-10,15H2,(H,28,29)(H,27,30,31). The number of carboxylic acid groups (broad SMARTS) is 1. The molecule has 0 radical (unpaired) electrons. The van der Waals surface area contributed by atoms with Crippen molar-refractivity contribution in [3.05, 3.63) is 46.9 Å². The smallest absolute Gasteiger partial charge is 0.303 e. The van der Waals surface area contributed by atoms with Gasteiger partial charge in [-0.05, 0) is 65.2 Å². The summed E-state index contributed by atoms with van der Waals surface area (Å²) in [5.74, 6) is -0.189. The first kappa shape index (κ1) is 24.8. The molecule has 6 nitrogen and oxygen atoms in total. The normalized spacial score (nSPS) is 14.7. The van der Waals surface area contributed by atoms with E-state index in [4.69, 9.17) is 9.84 Å².